The van der Waals surface area contributed by atoms with Gasteiger partial charge in [-0.25, -0.2) is 0 Å². The first-order valence-electron chi connectivity index (χ1n) is 4.85. The molecule has 0 spiro atoms. The lowest BCUT2D eigenvalue weighted by Crippen LogP contribution is -2.24. The third-order valence-electron chi connectivity index (χ3n) is 2.43. The molecule has 0 fully saturated rings. The zero-order valence-corrected chi connectivity index (χ0v) is 9.96. The Balaban J connectivity index is 2.18. The maximum atomic E-state index is 5.97. The van der Waals surface area contributed by atoms with E-state index in [1.165, 1.54) is 0 Å². The fourth-order valence-electron chi connectivity index (χ4n) is 1.50. The van der Waals surface area contributed by atoms with Crippen LogP contribution in [-0.4, -0.2) is 18.1 Å². The molecule has 4 heteroatoms. The van der Waals surface area contributed by atoms with E-state index in [2.05, 4.69) is 22.9 Å². The van der Waals surface area contributed by atoms with Crippen LogP contribution in [0.5, 0.6) is 0 Å². The summed E-state index contributed by atoms with van der Waals surface area (Å²) in [7, 11) is 0. The van der Waals surface area contributed by atoms with Crippen molar-refractivity contribution in [2.45, 2.75) is 6.92 Å². The van der Waals surface area contributed by atoms with Crippen molar-refractivity contribution in [1.82, 2.24) is 4.90 Å². The molecule has 1 heterocycles. The largest absolute Gasteiger partial charge is 0.359 e. The molecule has 0 aliphatic carbocycles. The van der Waals surface area contributed by atoms with E-state index in [1.54, 1.807) is 0 Å². The molecule has 2 rings (SSSR count). The van der Waals surface area contributed by atoms with E-state index < -0.39 is 0 Å². The third kappa shape index (κ3) is 2.21. The molecule has 1 aliphatic heterocycles. The molecule has 0 bridgehead atoms. The molecule has 0 unspecified atom stereocenters. The Hall–Kier alpha value is -0.860. The van der Waals surface area contributed by atoms with Gasteiger partial charge in [0.05, 0.1) is 16.7 Å². The van der Waals surface area contributed by atoms with Crippen LogP contribution >= 0.6 is 23.2 Å². The minimum atomic E-state index is 0.593. The molecule has 0 radical (unpaired) electrons. The summed E-state index contributed by atoms with van der Waals surface area (Å²) in [5.41, 5.74) is 1.07. The minimum Gasteiger partial charge on any atom is -0.359 e. The van der Waals surface area contributed by atoms with Gasteiger partial charge in [0.1, 0.15) is 0 Å². The van der Waals surface area contributed by atoms with Crippen molar-refractivity contribution in [3.63, 3.8) is 0 Å². The van der Waals surface area contributed by atoms with Gasteiger partial charge in [0.15, 0.2) is 0 Å². The quantitative estimate of drug-likeness (QED) is 0.783. The number of benzene rings is 1. The highest BCUT2D eigenvalue weighted by Gasteiger charge is 2.12. The molecule has 0 aromatic heterocycles. The first-order valence-corrected chi connectivity index (χ1v) is 5.60. The number of anilines is 1. The SMILES string of the molecule is CCN1C=CN(c2ccc(Cl)c(Cl)c2)C1. The van der Waals surface area contributed by atoms with Crippen molar-refractivity contribution in [1.29, 1.82) is 0 Å². The second-order valence-corrected chi connectivity index (χ2v) is 4.23. The molecule has 0 saturated heterocycles. The molecule has 80 valence electrons. The summed E-state index contributed by atoms with van der Waals surface area (Å²) >= 11 is 11.8. The van der Waals surface area contributed by atoms with Crippen LogP contribution in [0.2, 0.25) is 10.0 Å². The van der Waals surface area contributed by atoms with Crippen LogP contribution < -0.4 is 4.90 Å². The van der Waals surface area contributed by atoms with E-state index in [9.17, 15) is 0 Å². The molecule has 0 amide bonds. The maximum Gasteiger partial charge on any atom is 0.0941 e. The van der Waals surface area contributed by atoms with Gasteiger partial charge in [0, 0.05) is 24.6 Å². The lowest BCUT2D eigenvalue weighted by atomic mass is 10.3. The standard InChI is InChI=1S/C11H12Cl2N2/c1-2-14-5-6-15(8-14)9-3-4-10(12)11(13)7-9/h3-7H,2,8H2,1H3. The Labute approximate surface area is 99.7 Å². The van der Waals surface area contributed by atoms with Crippen molar-refractivity contribution in [2.75, 3.05) is 18.1 Å². The third-order valence-corrected chi connectivity index (χ3v) is 3.17. The molecule has 15 heavy (non-hydrogen) atoms. The van der Waals surface area contributed by atoms with E-state index >= 15 is 0 Å². The van der Waals surface area contributed by atoms with Crippen LogP contribution in [0.25, 0.3) is 0 Å². The van der Waals surface area contributed by atoms with Gasteiger partial charge in [-0.05, 0) is 25.1 Å². The average Bonchev–Trinajstić information content (AvgIpc) is 2.70. The van der Waals surface area contributed by atoms with Crippen molar-refractivity contribution in [3.8, 4) is 0 Å². The van der Waals surface area contributed by atoms with E-state index in [1.807, 2.05) is 24.4 Å². The van der Waals surface area contributed by atoms with Crippen LogP contribution in [0.15, 0.2) is 30.6 Å². The second-order valence-electron chi connectivity index (χ2n) is 3.41. The van der Waals surface area contributed by atoms with Crippen molar-refractivity contribution in [3.05, 3.63) is 40.6 Å². The minimum absolute atomic E-state index is 0.593. The Kier molecular flexibility index (Phi) is 3.08. The molecule has 1 aromatic rings. The second kappa shape index (κ2) is 4.33. The highest BCUT2D eigenvalue weighted by molar-refractivity contribution is 6.42. The number of hydrogen-bond donors (Lipinski definition) is 0. The number of rotatable bonds is 2. The molecule has 0 atom stereocenters. The lowest BCUT2D eigenvalue weighted by molar-refractivity contribution is 0.429. The fourth-order valence-corrected chi connectivity index (χ4v) is 1.79. The Morgan fingerprint density at radius 2 is 2.00 bits per heavy atom. The fraction of sp³-hybridized carbons (Fsp3) is 0.273. The first kappa shape index (κ1) is 10.7. The summed E-state index contributed by atoms with van der Waals surface area (Å²) in [5.74, 6) is 0. The summed E-state index contributed by atoms with van der Waals surface area (Å²) in [4.78, 5) is 4.34. The zero-order valence-electron chi connectivity index (χ0n) is 8.45. The first-order chi connectivity index (χ1) is 7.20. The predicted octanol–water partition coefficient (Wildman–Crippen LogP) is 3.56. The Morgan fingerprint density at radius 1 is 1.20 bits per heavy atom. The smallest absolute Gasteiger partial charge is 0.0941 e. The summed E-state index contributed by atoms with van der Waals surface area (Å²) in [6.45, 7) is 4.01. The topological polar surface area (TPSA) is 6.48 Å². The average molecular weight is 243 g/mol. The number of nitrogens with zero attached hydrogens (tertiary/aromatic N) is 2. The van der Waals surface area contributed by atoms with Gasteiger partial charge in [-0.3, -0.25) is 0 Å². The molecule has 2 nitrogen and oxygen atoms in total. The lowest BCUT2D eigenvalue weighted by Gasteiger charge is -2.20. The highest BCUT2D eigenvalue weighted by atomic mass is 35.5. The van der Waals surface area contributed by atoms with Gasteiger partial charge in [0.2, 0.25) is 0 Å². The number of halogens is 2. The molecular formula is C11H12Cl2N2. The summed E-state index contributed by atoms with van der Waals surface area (Å²) in [6, 6.07) is 5.67. The van der Waals surface area contributed by atoms with Gasteiger partial charge in [0.25, 0.3) is 0 Å². The van der Waals surface area contributed by atoms with Crippen molar-refractivity contribution < 1.29 is 0 Å². The Bertz CT molecular complexity index is 390. The van der Waals surface area contributed by atoms with Crippen LogP contribution in [0.4, 0.5) is 5.69 Å². The molecule has 1 aliphatic rings. The summed E-state index contributed by atoms with van der Waals surface area (Å²) < 4.78 is 0. The van der Waals surface area contributed by atoms with Crippen molar-refractivity contribution in [2.24, 2.45) is 0 Å². The van der Waals surface area contributed by atoms with Crippen LogP contribution in [0.3, 0.4) is 0 Å². The zero-order chi connectivity index (χ0) is 10.8. The van der Waals surface area contributed by atoms with Gasteiger partial charge < -0.3 is 9.80 Å². The Morgan fingerprint density at radius 3 is 2.60 bits per heavy atom. The van der Waals surface area contributed by atoms with Crippen molar-refractivity contribution >= 4 is 28.9 Å². The van der Waals surface area contributed by atoms with E-state index in [0.29, 0.717) is 10.0 Å². The molecule has 1 aromatic carbocycles. The van der Waals surface area contributed by atoms with Crippen LogP contribution in [0, 0.1) is 0 Å². The van der Waals surface area contributed by atoms with Crippen LogP contribution in [-0.2, 0) is 0 Å². The van der Waals surface area contributed by atoms with E-state index in [0.717, 1.165) is 18.9 Å². The van der Waals surface area contributed by atoms with Gasteiger partial charge in [-0.2, -0.15) is 0 Å². The number of hydrogen-bond acceptors (Lipinski definition) is 2. The predicted molar refractivity (Wildman–Crippen MR) is 65.3 cm³/mol. The summed E-state index contributed by atoms with van der Waals surface area (Å²) in [6.07, 6.45) is 4.12. The van der Waals surface area contributed by atoms with Crippen LogP contribution in [0.1, 0.15) is 6.92 Å². The van der Waals surface area contributed by atoms with E-state index in [-0.39, 0.29) is 0 Å². The van der Waals surface area contributed by atoms with E-state index in [4.69, 9.17) is 23.2 Å². The summed E-state index contributed by atoms with van der Waals surface area (Å²) in [5, 5.41) is 1.19. The van der Waals surface area contributed by atoms with Gasteiger partial charge >= 0.3 is 0 Å². The molecular weight excluding hydrogens is 231 g/mol. The van der Waals surface area contributed by atoms with Gasteiger partial charge in [-0.15, -0.1) is 0 Å². The maximum absolute atomic E-state index is 5.97. The van der Waals surface area contributed by atoms with Gasteiger partial charge in [-0.1, -0.05) is 23.2 Å². The highest BCUT2D eigenvalue weighted by Crippen LogP contribution is 2.28. The molecule has 0 saturated carbocycles. The molecule has 0 N–H and O–H groups in total. The normalized spacial score (nSPS) is 15.1. The monoisotopic (exact) mass is 242 g/mol.